The lowest BCUT2D eigenvalue weighted by molar-refractivity contribution is -0.194. The number of aromatic amines is 1. The number of hydrogen-bond acceptors (Lipinski definition) is 5. The number of alkyl halides is 3. The molecule has 0 aliphatic heterocycles. The lowest BCUT2D eigenvalue weighted by Crippen LogP contribution is -2.43. The number of benzene rings is 1. The summed E-state index contributed by atoms with van der Waals surface area (Å²) >= 11 is 0. The predicted molar refractivity (Wildman–Crippen MR) is 125 cm³/mol. The number of fused-ring (bicyclic) bond motifs is 1. The highest BCUT2D eigenvalue weighted by molar-refractivity contribution is 5.78. The van der Waals surface area contributed by atoms with Gasteiger partial charge < -0.3 is 14.6 Å². The number of halogens is 3. The summed E-state index contributed by atoms with van der Waals surface area (Å²) in [5, 5.41) is 2.85. The number of rotatable bonds is 9. The van der Waals surface area contributed by atoms with Gasteiger partial charge in [0.05, 0.1) is 10.9 Å². The van der Waals surface area contributed by atoms with Crippen LogP contribution in [0, 0.1) is 12.3 Å². The summed E-state index contributed by atoms with van der Waals surface area (Å²) in [4.78, 5) is 32.9. The average molecular weight is 491 g/mol. The van der Waals surface area contributed by atoms with E-state index in [0.717, 1.165) is 11.1 Å². The summed E-state index contributed by atoms with van der Waals surface area (Å²) in [5.41, 5.74) is 1.52. The monoisotopic (exact) mass is 490 g/mol. The average Bonchev–Trinajstić information content (AvgIpc) is 3.53. The number of hydrogen-bond donors (Lipinski definition) is 2. The van der Waals surface area contributed by atoms with E-state index in [-0.39, 0.29) is 31.8 Å². The zero-order chi connectivity index (χ0) is 25.4. The molecule has 4 rings (SSSR count). The van der Waals surface area contributed by atoms with Crippen molar-refractivity contribution < 1.29 is 22.4 Å². The molecule has 7 nitrogen and oxygen atoms in total. The number of aryl methyl sites for hydroxylation is 1. The van der Waals surface area contributed by atoms with Crippen LogP contribution >= 0.6 is 0 Å². The molecule has 3 aromatic rings. The molecule has 1 amide bonds. The maximum absolute atomic E-state index is 13.9. The third kappa shape index (κ3) is 5.12. The predicted octanol–water partition coefficient (Wildman–Crippen LogP) is 3.93. The highest BCUT2D eigenvalue weighted by atomic mass is 19.4. The van der Waals surface area contributed by atoms with E-state index < -0.39 is 29.2 Å². The molecule has 2 N–H and O–H groups in total. The summed E-state index contributed by atoms with van der Waals surface area (Å²) in [6.07, 6.45) is -1.10. The largest absolute Gasteiger partial charge is 0.417 e. The number of likely N-dealkylation sites (N-methyl/N-ethyl adjacent to an activating group) is 1. The Labute approximate surface area is 200 Å². The lowest BCUT2D eigenvalue weighted by Gasteiger charge is -2.30. The van der Waals surface area contributed by atoms with E-state index >= 15 is 0 Å². The quantitative estimate of drug-likeness (QED) is 0.474. The molecule has 0 saturated heterocycles. The van der Waals surface area contributed by atoms with Gasteiger partial charge in [-0.25, -0.2) is 4.79 Å². The molecule has 2 aromatic heterocycles. The van der Waals surface area contributed by atoms with Crippen molar-refractivity contribution in [2.45, 2.75) is 50.7 Å². The van der Waals surface area contributed by atoms with Crippen LogP contribution in [0.15, 0.2) is 45.9 Å². The Morgan fingerprint density at radius 1 is 1.23 bits per heavy atom. The van der Waals surface area contributed by atoms with Crippen LogP contribution in [0.1, 0.15) is 41.9 Å². The minimum Gasteiger partial charge on any atom is -0.408 e. The summed E-state index contributed by atoms with van der Waals surface area (Å²) in [6, 6.07) is 6.69. The first kappa shape index (κ1) is 25.0. The standard InChI is InChI=1S/C25H29F3N4O3/c1-15-17(4-5-20-22(15)35-23(34)31-20)12-18(32(2)3)14-30-21(33)13-19(16-6-10-29-11-7-16)24(8-9-24)25(26,27)28/h4-7,10-11,18-19H,8-9,12-14H2,1-3H3,(H,30,33)(H,31,34)/t18-,19-/m0/s1. The Kier molecular flexibility index (Phi) is 6.77. The third-order valence-corrected chi connectivity index (χ3v) is 7.19. The van der Waals surface area contributed by atoms with Gasteiger partial charge in [0.1, 0.15) is 0 Å². The van der Waals surface area contributed by atoms with Crippen molar-refractivity contribution in [3.05, 3.63) is 63.9 Å². The van der Waals surface area contributed by atoms with Crippen LogP contribution in [-0.2, 0) is 11.2 Å². The van der Waals surface area contributed by atoms with Gasteiger partial charge in [0.25, 0.3) is 0 Å². The number of pyridine rings is 1. The van der Waals surface area contributed by atoms with Crippen LogP contribution in [0.25, 0.3) is 11.1 Å². The summed E-state index contributed by atoms with van der Waals surface area (Å²) in [6.45, 7) is 2.13. The van der Waals surface area contributed by atoms with Gasteiger partial charge in [-0.1, -0.05) is 6.07 Å². The van der Waals surface area contributed by atoms with Crippen molar-refractivity contribution in [2.75, 3.05) is 20.6 Å². The minimum atomic E-state index is -4.38. The fraction of sp³-hybridized carbons (Fsp3) is 0.480. The molecule has 1 aromatic carbocycles. The first-order valence-corrected chi connectivity index (χ1v) is 11.5. The van der Waals surface area contributed by atoms with E-state index in [4.69, 9.17) is 4.42 Å². The van der Waals surface area contributed by atoms with Crippen molar-refractivity contribution in [1.29, 1.82) is 0 Å². The number of nitrogens with one attached hydrogen (secondary N) is 2. The number of H-pyrrole nitrogens is 1. The van der Waals surface area contributed by atoms with Crippen LogP contribution in [0.2, 0.25) is 0 Å². The second-order valence-corrected chi connectivity index (χ2v) is 9.56. The van der Waals surface area contributed by atoms with Gasteiger partial charge in [-0.05, 0) is 75.2 Å². The molecule has 188 valence electrons. The summed E-state index contributed by atoms with van der Waals surface area (Å²) < 4.78 is 47.0. The number of carbonyl (C=O) groups excluding carboxylic acids is 1. The number of carbonyl (C=O) groups is 1. The number of amides is 1. The van der Waals surface area contributed by atoms with Gasteiger partial charge in [-0.2, -0.15) is 13.2 Å². The highest BCUT2D eigenvalue weighted by Crippen LogP contribution is 2.66. The highest BCUT2D eigenvalue weighted by Gasteiger charge is 2.67. The molecule has 0 bridgehead atoms. The smallest absolute Gasteiger partial charge is 0.408 e. The minimum absolute atomic E-state index is 0.0220. The normalized spacial score (nSPS) is 16.9. The SMILES string of the molecule is Cc1c(C[C@@H](CNC(=O)C[C@@H](c2ccncc2)C2(C(F)(F)F)CC2)N(C)C)ccc2[nH]c(=O)oc12. The van der Waals surface area contributed by atoms with Crippen LogP contribution in [0.4, 0.5) is 13.2 Å². The Morgan fingerprint density at radius 3 is 2.51 bits per heavy atom. The first-order valence-electron chi connectivity index (χ1n) is 11.5. The third-order valence-electron chi connectivity index (χ3n) is 7.19. The van der Waals surface area contributed by atoms with E-state index in [1.165, 1.54) is 12.4 Å². The maximum Gasteiger partial charge on any atom is 0.417 e. The van der Waals surface area contributed by atoms with Gasteiger partial charge >= 0.3 is 11.9 Å². The maximum atomic E-state index is 13.9. The topological polar surface area (TPSA) is 91.2 Å². The van der Waals surface area contributed by atoms with Crippen molar-refractivity contribution in [1.82, 2.24) is 20.2 Å². The van der Waals surface area contributed by atoms with Crippen molar-refractivity contribution in [3.63, 3.8) is 0 Å². The van der Waals surface area contributed by atoms with E-state index in [1.807, 2.05) is 32.0 Å². The first-order chi connectivity index (χ1) is 16.5. The van der Waals surface area contributed by atoms with Gasteiger partial charge in [-0.3, -0.25) is 14.8 Å². The molecule has 10 heteroatoms. The molecule has 0 radical (unpaired) electrons. The molecular weight excluding hydrogens is 461 g/mol. The molecule has 2 heterocycles. The van der Waals surface area contributed by atoms with Gasteiger partial charge in [0, 0.05) is 37.3 Å². The number of nitrogens with zero attached hydrogens (tertiary/aromatic N) is 2. The Bertz CT molecular complexity index is 1250. The molecule has 0 unspecified atom stereocenters. The van der Waals surface area contributed by atoms with Crippen LogP contribution in [-0.4, -0.2) is 53.6 Å². The molecule has 2 atom stereocenters. The second kappa shape index (κ2) is 9.49. The summed E-state index contributed by atoms with van der Waals surface area (Å²) in [7, 11) is 3.76. The van der Waals surface area contributed by atoms with Crippen molar-refractivity contribution in [3.8, 4) is 0 Å². The molecular formula is C25H29F3N4O3. The second-order valence-electron chi connectivity index (χ2n) is 9.56. The fourth-order valence-corrected chi connectivity index (χ4v) is 4.78. The van der Waals surface area contributed by atoms with Crippen LogP contribution in [0.3, 0.4) is 0 Å². The number of oxazole rings is 1. The van der Waals surface area contributed by atoms with Gasteiger partial charge in [0.15, 0.2) is 5.58 Å². The number of aromatic nitrogens is 2. The zero-order valence-corrected chi connectivity index (χ0v) is 19.9. The Balaban J connectivity index is 1.46. The zero-order valence-electron chi connectivity index (χ0n) is 19.9. The molecule has 0 spiro atoms. The van der Waals surface area contributed by atoms with Crippen molar-refractivity contribution in [2.24, 2.45) is 5.41 Å². The lowest BCUT2D eigenvalue weighted by atomic mass is 9.80. The Morgan fingerprint density at radius 2 is 1.91 bits per heavy atom. The Hall–Kier alpha value is -3.14. The van der Waals surface area contributed by atoms with E-state index in [2.05, 4.69) is 15.3 Å². The molecule has 35 heavy (non-hydrogen) atoms. The van der Waals surface area contributed by atoms with E-state index in [0.29, 0.717) is 23.1 Å². The summed E-state index contributed by atoms with van der Waals surface area (Å²) in [5.74, 6) is -1.89. The van der Waals surface area contributed by atoms with Crippen molar-refractivity contribution >= 4 is 17.0 Å². The molecule has 1 fully saturated rings. The van der Waals surface area contributed by atoms with Crippen LogP contribution < -0.4 is 11.1 Å². The molecule has 1 aliphatic rings. The fourth-order valence-electron chi connectivity index (χ4n) is 4.78. The molecule has 1 aliphatic carbocycles. The van der Waals surface area contributed by atoms with Crippen LogP contribution in [0.5, 0.6) is 0 Å². The van der Waals surface area contributed by atoms with E-state index in [1.54, 1.807) is 18.2 Å². The van der Waals surface area contributed by atoms with Gasteiger partial charge in [-0.15, -0.1) is 0 Å². The van der Waals surface area contributed by atoms with Gasteiger partial charge in [0.2, 0.25) is 5.91 Å². The molecule has 1 saturated carbocycles. The van der Waals surface area contributed by atoms with E-state index in [9.17, 15) is 22.8 Å².